The van der Waals surface area contributed by atoms with Gasteiger partial charge in [0.15, 0.2) is 0 Å². The third-order valence-electron chi connectivity index (χ3n) is 4.12. The van der Waals surface area contributed by atoms with E-state index in [0.29, 0.717) is 12.0 Å². The molecule has 0 saturated heterocycles. The number of rotatable bonds is 4. The molecule has 1 aliphatic heterocycles. The number of para-hydroxylation sites is 1. The maximum atomic E-state index is 12.7. The van der Waals surface area contributed by atoms with Crippen LogP contribution in [0.1, 0.15) is 49.2 Å². The highest BCUT2D eigenvalue weighted by molar-refractivity contribution is 5.92. The Kier molecular flexibility index (Phi) is 4.58. The molecule has 4 heteroatoms. The zero-order valence-corrected chi connectivity index (χ0v) is 14.6. The lowest BCUT2D eigenvalue weighted by Crippen LogP contribution is -2.39. The van der Waals surface area contributed by atoms with E-state index < -0.39 is 0 Å². The molecule has 0 spiro atoms. The normalized spacial score (nSPS) is 12.8. The van der Waals surface area contributed by atoms with E-state index in [-0.39, 0.29) is 18.1 Å². The van der Waals surface area contributed by atoms with E-state index in [1.807, 2.05) is 64.1 Å². The molecule has 0 fully saturated rings. The van der Waals surface area contributed by atoms with E-state index in [1.165, 1.54) is 0 Å². The molecular formula is C20H23NO3. The van der Waals surface area contributed by atoms with E-state index in [2.05, 4.69) is 0 Å². The van der Waals surface area contributed by atoms with E-state index in [9.17, 15) is 4.79 Å². The first-order chi connectivity index (χ1) is 11.5. The van der Waals surface area contributed by atoms with Crippen LogP contribution in [0.3, 0.4) is 0 Å². The van der Waals surface area contributed by atoms with Crippen molar-refractivity contribution >= 4 is 5.97 Å². The van der Waals surface area contributed by atoms with Crippen LogP contribution in [-0.4, -0.2) is 23.1 Å². The van der Waals surface area contributed by atoms with Crippen LogP contribution in [-0.2, 0) is 11.3 Å². The summed E-state index contributed by atoms with van der Waals surface area (Å²) in [4.78, 5) is 18.4. The number of fused-ring (bicyclic) bond motifs is 2. The Morgan fingerprint density at radius 1 is 1.00 bits per heavy atom. The third kappa shape index (κ3) is 3.15. The molecule has 0 bridgehead atoms. The molecule has 0 saturated carbocycles. The van der Waals surface area contributed by atoms with Gasteiger partial charge in [0.05, 0.1) is 5.56 Å². The molecule has 3 rings (SSSR count). The van der Waals surface area contributed by atoms with Crippen LogP contribution in [0.25, 0.3) is 0 Å². The summed E-state index contributed by atoms with van der Waals surface area (Å²) in [6.07, 6.45) is 0.667. The molecule has 1 aliphatic rings. The van der Waals surface area contributed by atoms with Crippen molar-refractivity contribution in [2.24, 2.45) is 0 Å². The summed E-state index contributed by atoms with van der Waals surface area (Å²) in [5.74, 6) is 1.24. The second kappa shape index (κ2) is 6.65. The smallest absolute Gasteiger partial charge is 0.357 e. The van der Waals surface area contributed by atoms with Crippen molar-refractivity contribution in [3.8, 4) is 11.5 Å². The van der Waals surface area contributed by atoms with E-state index in [1.54, 1.807) is 11.1 Å². The fraction of sp³-hybridized carbons (Fsp3) is 0.350. The van der Waals surface area contributed by atoms with Gasteiger partial charge in [-0.15, -0.1) is 5.06 Å². The minimum absolute atomic E-state index is 0.116. The topological polar surface area (TPSA) is 38.8 Å². The Morgan fingerprint density at radius 2 is 1.67 bits per heavy atom. The molecule has 0 atom stereocenters. The van der Waals surface area contributed by atoms with Crippen LogP contribution in [0.4, 0.5) is 0 Å². The summed E-state index contributed by atoms with van der Waals surface area (Å²) in [7, 11) is 0. The summed E-state index contributed by atoms with van der Waals surface area (Å²) in [5.41, 5.74) is 2.52. The lowest BCUT2D eigenvalue weighted by atomic mass is 9.96. The molecule has 0 N–H and O–H groups in total. The number of hydroxylamine groups is 2. The minimum Gasteiger partial charge on any atom is -0.457 e. The van der Waals surface area contributed by atoms with Crippen molar-refractivity contribution in [3.05, 3.63) is 59.2 Å². The molecule has 1 heterocycles. The highest BCUT2D eigenvalue weighted by Crippen LogP contribution is 2.38. The van der Waals surface area contributed by atoms with Gasteiger partial charge < -0.3 is 9.57 Å². The van der Waals surface area contributed by atoms with Gasteiger partial charge in [-0.05, 0) is 51.5 Å². The van der Waals surface area contributed by atoms with Crippen LogP contribution < -0.4 is 4.74 Å². The van der Waals surface area contributed by atoms with Gasteiger partial charge in [-0.3, -0.25) is 0 Å². The van der Waals surface area contributed by atoms with E-state index in [0.717, 1.165) is 22.6 Å². The van der Waals surface area contributed by atoms with Crippen LogP contribution >= 0.6 is 0 Å². The van der Waals surface area contributed by atoms with Gasteiger partial charge in [-0.2, -0.15) is 0 Å². The van der Waals surface area contributed by atoms with Crippen molar-refractivity contribution in [3.63, 3.8) is 0 Å². The lowest BCUT2D eigenvalue weighted by molar-refractivity contribution is -0.150. The van der Waals surface area contributed by atoms with Crippen molar-refractivity contribution in [1.82, 2.24) is 5.06 Å². The van der Waals surface area contributed by atoms with Crippen molar-refractivity contribution in [2.75, 3.05) is 0 Å². The Balaban J connectivity index is 1.90. The third-order valence-corrected chi connectivity index (χ3v) is 4.12. The average Bonchev–Trinajstić information content (AvgIpc) is 2.56. The number of ether oxygens (including phenoxy) is 1. The standard InChI is InChI=1S/C20H23NO3/c1-13(2)21(14(3)4)24-20(22)16-9-7-11-19-17(16)12-15-8-5-6-10-18(15)23-19/h5-11,13-14H,12H2,1-4H3. The lowest BCUT2D eigenvalue weighted by Gasteiger charge is -2.29. The summed E-state index contributed by atoms with van der Waals surface area (Å²) in [6.45, 7) is 8.03. The van der Waals surface area contributed by atoms with Crippen LogP contribution in [0.2, 0.25) is 0 Å². The Hall–Kier alpha value is -2.33. The molecule has 0 unspecified atom stereocenters. The molecule has 126 valence electrons. The monoisotopic (exact) mass is 325 g/mol. The van der Waals surface area contributed by atoms with Gasteiger partial charge in [0.25, 0.3) is 0 Å². The zero-order chi connectivity index (χ0) is 17.3. The number of hydrogen-bond donors (Lipinski definition) is 0. The van der Waals surface area contributed by atoms with Crippen LogP contribution in [0, 0.1) is 0 Å². The second-order valence-corrected chi connectivity index (χ2v) is 6.59. The number of nitrogens with zero attached hydrogens (tertiary/aromatic N) is 1. The Bertz CT molecular complexity index is 744. The molecule has 24 heavy (non-hydrogen) atoms. The fourth-order valence-corrected chi connectivity index (χ4v) is 3.05. The summed E-state index contributed by atoms with van der Waals surface area (Å²) >= 11 is 0. The first-order valence-corrected chi connectivity index (χ1v) is 8.35. The first kappa shape index (κ1) is 16.5. The van der Waals surface area contributed by atoms with Gasteiger partial charge in [0.1, 0.15) is 11.5 Å². The SMILES string of the molecule is CC(C)N(OC(=O)c1cccc2c1Cc1ccccc1O2)C(C)C. The molecular weight excluding hydrogens is 302 g/mol. The van der Waals surface area contributed by atoms with Gasteiger partial charge >= 0.3 is 5.97 Å². The second-order valence-electron chi connectivity index (χ2n) is 6.59. The first-order valence-electron chi connectivity index (χ1n) is 8.35. The highest BCUT2D eigenvalue weighted by Gasteiger charge is 2.26. The Labute approximate surface area is 143 Å². The number of benzene rings is 2. The molecule has 0 amide bonds. The highest BCUT2D eigenvalue weighted by atomic mass is 16.7. The largest absolute Gasteiger partial charge is 0.457 e. The number of carbonyl (C=O) groups is 1. The summed E-state index contributed by atoms with van der Waals surface area (Å²) in [5, 5.41) is 1.72. The molecule has 2 aromatic rings. The van der Waals surface area contributed by atoms with E-state index in [4.69, 9.17) is 9.57 Å². The fourth-order valence-electron chi connectivity index (χ4n) is 3.05. The van der Waals surface area contributed by atoms with E-state index >= 15 is 0 Å². The molecule has 0 aromatic heterocycles. The van der Waals surface area contributed by atoms with Gasteiger partial charge in [-0.1, -0.05) is 24.3 Å². The van der Waals surface area contributed by atoms with Crippen molar-refractivity contribution in [2.45, 2.75) is 46.2 Å². The molecule has 4 nitrogen and oxygen atoms in total. The van der Waals surface area contributed by atoms with Crippen LogP contribution in [0.5, 0.6) is 11.5 Å². The van der Waals surface area contributed by atoms with Gasteiger partial charge in [-0.25, -0.2) is 4.79 Å². The molecule has 0 aliphatic carbocycles. The predicted molar refractivity (Wildman–Crippen MR) is 93.3 cm³/mol. The number of carbonyl (C=O) groups excluding carboxylic acids is 1. The van der Waals surface area contributed by atoms with Gasteiger partial charge in [0, 0.05) is 24.1 Å². The summed E-state index contributed by atoms with van der Waals surface area (Å²) < 4.78 is 5.95. The average molecular weight is 325 g/mol. The van der Waals surface area contributed by atoms with Crippen molar-refractivity contribution in [1.29, 1.82) is 0 Å². The minimum atomic E-state index is -0.336. The quantitative estimate of drug-likeness (QED) is 0.659. The predicted octanol–water partition coefficient (Wildman–Crippen LogP) is 4.57. The molecule has 2 aromatic carbocycles. The maximum Gasteiger partial charge on any atom is 0.357 e. The molecule has 0 radical (unpaired) electrons. The summed E-state index contributed by atoms with van der Waals surface area (Å²) in [6, 6.07) is 13.7. The zero-order valence-electron chi connectivity index (χ0n) is 14.6. The Morgan fingerprint density at radius 3 is 2.38 bits per heavy atom. The number of hydrogen-bond acceptors (Lipinski definition) is 4. The van der Waals surface area contributed by atoms with Crippen molar-refractivity contribution < 1.29 is 14.4 Å². The van der Waals surface area contributed by atoms with Crippen LogP contribution in [0.15, 0.2) is 42.5 Å². The van der Waals surface area contributed by atoms with Gasteiger partial charge in [0.2, 0.25) is 0 Å². The maximum absolute atomic E-state index is 12.7.